The first-order valence-electron chi connectivity index (χ1n) is 6.04. The largest absolute Gasteiger partial charge is 0.396 e. The van der Waals surface area contributed by atoms with E-state index in [9.17, 15) is 4.79 Å². The summed E-state index contributed by atoms with van der Waals surface area (Å²) in [4.78, 5) is 13.4. The van der Waals surface area contributed by atoms with E-state index in [-0.39, 0.29) is 12.5 Å². The fraction of sp³-hybridized carbons (Fsp3) is 0.917. The number of aliphatic hydroxyl groups is 1. The molecule has 0 bridgehead atoms. The molecule has 1 atom stereocenters. The first kappa shape index (κ1) is 10.9. The molecular formula is C12H21NO2. The molecule has 1 heterocycles. The van der Waals surface area contributed by atoms with E-state index < -0.39 is 0 Å². The highest BCUT2D eigenvalue weighted by molar-refractivity contribution is 5.73. The van der Waals surface area contributed by atoms with Crippen LogP contribution in [-0.4, -0.2) is 35.6 Å². The average Bonchev–Trinajstić information content (AvgIpc) is 2.78. The second kappa shape index (κ2) is 4.12. The number of hydrogen-bond acceptors (Lipinski definition) is 2. The highest BCUT2D eigenvalue weighted by Crippen LogP contribution is 2.50. The molecule has 0 aromatic heterocycles. The van der Waals surface area contributed by atoms with Crippen molar-refractivity contribution in [1.82, 2.24) is 4.90 Å². The molecule has 0 aromatic rings. The SMILES string of the molecule is CC(=O)N1CC(CCO)C2(CCCC2)C1. The van der Waals surface area contributed by atoms with E-state index >= 15 is 0 Å². The monoisotopic (exact) mass is 211 g/mol. The number of likely N-dealkylation sites (tertiary alicyclic amines) is 1. The van der Waals surface area contributed by atoms with Gasteiger partial charge in [0.2, 0.25) is 5.91 Å². The molecule has 2 rings (SSSR count). The maximum Gasteiger partial charge on any atom is 0.219 e. The zero-order valence-corrected chi connectivity index (χ0v) is 9.54. The molecule has 1 spiro atoms. The molecule has 2 aliphatic rings. The van der Waals surface area contributed by atoms with Crippen molar-refractivity contribution in [2.24, 2.45) is 11.3 Å². The van der Waals surface area contributed by atoms with Gasteiger partial charge >= 0.3 is 0 Å². The van der Waals surface area contributed by atoms with Gasteiger partial charge in [-0.2, -0.15) is 0 Å². The quantitative estimate of drug-likeness (QED) is 0.750. The second-order valence-electron chi connectivity index (χ2n) is 5.18. The van der Waals surface area contributed by atoms with Crippen LogP contribution in [-0.2, 0) is 4.79 Å². The van der Waals surface area contributed by atoms with Crippen molar-refractivity contribution in [3.05, 3.63) is 0 Å². The van der Waals surface area contributed by atoms with Gasteiger partial charge in [-0.05, 0) is 30.6 Å². The van der Waals surface area contributed by atoms with Gasteiger partial charge in [0.1, 0.15) is 0 Å². The summed E-state index contributed by atoms with van der Waals surface area (Å²) in [5, 5.41) is 9.09. The number of amides is 1. The van der Waals surface area contributed by atoms with Gasteiger partial charge in [0.05, 0.1) is 0 Å². The molecule has 1 amide bonds. The molecule has 1 aliphatic carbocycles. The summed E-state index contributed by atoms with van der Waals surface area (Å²) in [7, 11) is 0. The van der Waals surface area contributed by atoms with Gasteiger partial charge in [0.15, 0.2) is 0 Å². The number of carbonyl (C=O) groups is 1. The van der Waals surface area contributed by atoms with Crippen molar-refractivity contribution in [3.63, 3.8) is 0 Å². The van der Waals surface area contributed by atoms with Crippen molar-refractivity contribution >= 4 is 5.91 Å². The Hall–Kier alpha value is -0.570. The Morgan fingerprint density at radius 3 is 2.67 bits per heavy atom. The number of hydrogen-bond donors (Lipinski definition) is 1. The fourth-order valence-corrected chi connectivity index (χ4v) is 3.47. The molecule has 3 heteroatoms. The van der Waals surface area contributed by atoms with Crippen molar-refractivity contribution in [2.45, 2.75) is 39.0 Å². The summed E-state index contributed by atoms with van der Waals surface area (Å²) in [6.45, 7) is 3.73. The number of carbonyl (C=O) groups excluding carboxylic acids is 1. The maximum atomic E-state index is 11.4. The summed E-state index contributed by atoms with van der Waals surface area (Å²) in [6.07, 6.45) is 5.97. The number of nitrogens with zero attached hydrogens (tertiary/aromatic N) is 1. The molecule has 0 aromatic carbocycles. The van der Waals surface area contributed by atoms with Crippen molar-refractivity contribution in [1.29, 1.82) is 0 Å². The third-order valence-corrected chi connectivity index (χ3v) is 4.33. The molecular weight excluding hydrogens is 190 g/mol. The Morgan fingerprint density at radius 1 is 1.47 bits per heavy atom. The van der Waals surface area contributed by atoms with E-state index in [0.717, 1.165) is 19.5 Å². The van der Waals surface area contributed by atoms with E-state index in [4.69, 9.17) is 5.11 Å². The summed E-state index contributed by atoms with van der Waals surface area (Å²) >= 11 is 0. The third-order valence-electron chi connectivity index (χ3n) is 4.33. The molecule has 2 fully saturated rings. The highest BCUT2D eigenvalue weighted by Gasteiger charge is 2.47. The summed E-state index contributed by atoms with van der Waals surface area (Å²) in [5.74, 6) is 0.732. The van der Waals surface area contributed by atoms with Crippen molar-refractivity contribution in [2.75, 3.05) is 19.7 Å². The van der Waals surface area contributed by atoms with Crippen molar-refractivity contribution in [3.8, 4) is 0 Å². The maximum absolute atomic E-state index is 11.4. The molecule has 86 valence electrons. The van der Waals surface area contributed by atoms with E-state index in [1.165, 1.54) is 25.7 Å². The molecule has 0 radical (unpaired) electrons. The van der Waals surface area contributed by atoms with Crippen LogP contribution in [0.1, 0.15) is 39.0 Å². The Morgan fingerprint density at radius 2 is 2.13 bits per heavy atom. The zero-order valence-electron chi connectivity index (χ0n) is 9.54. The zero-order chi connectivity index (χ0) is 10.9. The predicted molar refractivity (Wildman–Crippen MR) is 58.3 cm³/mol. The predicted octanol–water partition coefficient (Wildman–Crippen LogP) is 1.41. The molecule has 1 N–H and O–H groups in total. The minimum atomic E-state index is 0.196. The molecule has 1 unspecified atom stereocenters. The standard InChI is InChI=1S/C12H21NO2/c1-10(15)13-8-11(4-7-14)12(9-13)5-2-3-6-12/h11,14H,2-9H2,1H3. The van der Waals surface area contributed by atoms with E-state index in [2.05, 4.69) is 0 Å². The minimum absolute atomic E-state index is 0.196. The highest BCUT2D eigenvalue weighted by atomic mass is 16.3. The Labute approximate surface area is 91.5 Å². The minimum Gasteiger partial charge on any atom is -0.396 e. The number of aliphatic hydroxyl groups excluding tert-OH is 1. The lowest BCUT2D eigenvalue weighted by Gasteiger charge is -2.29. The Kier molecular flexibility index (Phi) is 3.01. The van der Waals surface area contributed by atoms with E-state index in [0.29, 0.717) is 11.3 Å². The molecule has 15 heavy (non-hydrogen) atoms. The van der Waals surface area contributed by atoms with Crippen LogP contribution in [0.4, 0.5) is 0 Å². The first-order chi connectivity index (χ1) is 7.18. The summed E-state index contributed by atoms with van der Waals surface area (Å²) < 4.78 is 0. The Bertz CT molecular complexity index is 246. The van der Waals surface area contributed by atoms with Gasteiger partial charge in [0, 0.05) is 26.6 Å². The van der Waals surface area contributed by atoms with Crippen LogP contribution < -0.4 is 0 Å². The van der Waals surface area contributed by atoms with Crippen LogP contribution in [0.15, 0.2) is 0 Å². The van der Waals surface area contributed by atoms with Gasteiger partial charge in [-0.1, -0.05) is 12.8 Å². The molecule has 3 nitrogen and oxygen atoms in total. The lowest BCUT2D eigenvalue weighted by atomic mass is 9.75. The Balaban J connectivity index is 2.10. The van der Waals surface area contributed by atoms with Gasteiger partial charge in [-0.3, -0.25) is 4.79 Å². The third kappa shape index (κ3) is 1.89. The van der Waals surface area contributed by atoms with Crippen LogP contribution >= 0.6 is 0 Å². The molecule has 1 saturated heterocycles. The lowest BCUT2D eigenvalue weighted by Crippen LogP contribution is -2.29. The van der Waals surface area contributed by atoms with Crippen LogP contribution in [0.5, 0.6) is 0 Å². The topological polar surface area (TPSA) is 40.5 Å². The van der Waals surface area contributed by atoms with Crippen LogP contribution in [0.2, 0.25) is 0 Å². The molecule has 1 saturated carbocycles. The lowest BCUT2D eigenvalue weighted by molar-refractivity contribution is -0.128. The first-order valence-corrected chi connectivity index (χ1v) is 6.04. The smallest absolute Gasteiger partial charge is 0.219 e. The van der Waals surface area contributed by atoms with E-state index in [1.807, 2.05) is 4.90 Å². The van der Waals surface area contributed by atoms with E-state index in [1.54, 1.807) is 6.92 Å². The average molecular weight is 211 g/mol. The molecule has 1 aliphatic heterocycles. The van der Waals surface area contributed by atoms with Gasteiger partial charge < -0.3 is 10.0 Å². The van der Waals surface area contributed by atoms with Crippen LogP contribution in [0.25, 0.3) is 0 Å². The van der Waals surface area contributed by atoms with Gasteiger partial charge in [0.25, 0.3) is 0 Å². The fourth-order valence-electron chi connectivity index (χ4n) is 3.47. The van der Waals surface area contributed by atoms with Crippen LogP contribution in [0.3, 0.4) is 0 Å². The summed E-state index contributed by atoms with van der Waals surface area (Å²) in [5.41, 5.74) is 0.356. The second-order valence-corrected chi connectivity index (χ2v) is 5.18. The summed E-state index contributed by atoms with van der Waals surface area (Å²) in [6, 6.07) is 0. The van der Waals surface area contributed by atoms with Crippen molar-refractivity contribution < 1.29 is 9.90 Å². The van der Waals surface area contributed by atoms with Gasteiger partial charge in [-0.15, -0.1) is 0 Å². The van der Waals surface area contributed by atoms with Gasteiger partial charge in [-0.25, -0.2) is 0 Å². The normalized spacial score (nSPS) is 28.9. The van der Waals surface area contributed by atoms with Crippen LogP contribution in [0, 0.1) is 11.3 Å². The number of rotatable bonds is 2.